The van der Waals surface area contributed by atoms with E-state index in [1.807, 2.05) is 36.0 Å². The minimum absolute atomic E-state index is 0.0482. The van der Waals surface area contributed by atoms with Gasteiger partial charge in [0.05, 0.1) is 5.56 Å². The summed E-state index contributed by atoms with van der Waals surface area (Å²) < 4.78 is 1.01. The Balaban J connectivity index is 1.70. The van der Waals surface area contributed by atoms with Crippen LogP contribution in [0.5, 0.6) is 0 Å². The van der Waals surface area contributed by atoms with E-state index < -0.39 is 0 Å². The number of nitrogens with one attached hydrogen (secondary N) is 1. The molecule has 1 aromatic carbocycles. The highest BCUT2D eigenvalue weighted by molar-refractivity contribution is 14.1. The van der Waals surface area contributed by atoms with E-state index in [1.54, 1.807) is 0 Å². The van der Waals surface area contributed by atoms with Crippen LogP contribution in [-0.4, -0.2) is 23.5 Å². The summed E-state index contributed by atoms with van der Waals surface area (Å²) in [6.07, 6.45) is 5.48. The molecule has 2 rings (SSSR count). The van der Waals surface area contributed by atoms with Crippen molar-refractivity contribution in [2.45, 2.75) is 30.9 Å². The number of benzene rings is 1. The molecule has 1 aliphatic carbocycles. The van der Waals surface area contributed by atoms with Crippen LogP contribution in [0.1, 0.15) is 36.0 Å². The zero-order valence-electron chi connectivity index (χ0n) is 10.3. The lowest BCUT2D eigenvalue weighted by Gasteiger charge is -2.10. The van der Waals surface area contributed by atoms with Crippen molar-refractivity contribution in [3.8, 4) is 0 Å². The van der Waals surface area contributed by atoms with Gasteiger partial charge in [-0.3, -0.25) is 4.79 Å². The molecule has 0 bridgehead atoms. The van der Waals surface area contributed by atoms with Crippen LogP contribution in [0, 0.1) is 3.57 Å². The van der Waals surface area contributed by atoms with E-state index in [1.165, 1.54) is 25.7 Å². The number of carbonyl (C=O) groups is 1. The highest BCUT2D eigenvalue weighted by Crippen LogP contribution is 2.28. The molecule has 2 nitrogen and oxygen atoms in total. The first-order valence-corrected chi connectivity index (χ1v) is 8.54. The molecule has 0 aromatic heterocycles. The standard InChI is InChI=1S/C14H18INOS/c15-13-8-4-3-7-12(13)14(17)16-9-10-18-11-5-1-2-6-11/h3-4,7-8,11H,1-2,5-6,9-10H2,(H,16,17). The van der Waals surface area contributed by atoms with E-state index in [0.29, 0.717) is 0 Å². The van der Waals surface area contributed by atoms with Crippen LogP contribution in [0.4, 0.5) is 0 Å². The second kappa shape index (κ2) is 7.38. The van der Waals surface area contributed by atoms with Gasteiger partial charge in [0, 0.05) is 21.1 Å². The van der Waals surface area contributed by atoms with Crippen LogP contribution in [0.3, 0.4) is 0 Å². The lowest BCUT2D eigenvalue weighted by atomic mass is 10.2. The van der Waals surface area contributed by atoms with Gasteiger partial charge in [0.1, 0.15) is 0 Å². The Kier molecular flexibility index (Phi) is 5.82. The number of rotatable bonds is 5. The van der Waals surface area contributed by atoms with Crippen LogP contribution in [-0.2, 0) is 0 Å². The third kappa shape index (κ3) is 4.16. The highest BCUT2D eigenvalue weighted by atomic mass is 127. The fourth-order valence-corrected chi connectivity index (χ4v) is 4.04. The molecule has 0 spiro atoms. The maximum atomic E-state index is 11.9. The Morgan fingerprint density at radius 3 is 2.78 bits per heavy atom. The molecule has 1 N–H and O–H groups in total. The van der Waals surface area contributed by atoms with E-state index in [9.17, 15) is 4.79 Å². The smallest absolute Gasteiger partial charge is 0.252 e. The van der Waals surface area contributed by atoms with Gasteiger partial charge in [-0.15, -0.1) is 0 Å². The first-order valence-electron chi connectivity index (χ1n) is 6.41. The van der Waals surface area contributed by atoms with Gasteiger partial charge in [-0.05, 0) is 47.6 Å². The van der Waals surface area contributed by atoms with E-state index in [-0.39, 0.29) is 5.91 Å². The zero-order chi connectivity index (χ0) is 12.8. The topological polar surface area (TPSA) is 29.1 Å². The van der Waals surface area contributed by atoms with Gasteiger partial charge in [0.2, 0.25) is 0 Å². The molecule has 0 saturated heterocycles. The molecule has 1 saturated carbocycles. The fraction of sp³-hybridized carbons (Fsp3) is 0.500. The SMILES string of the molecule is O=C(NCCSC1CCCC1)c1ccccc1I. The Hall–Kier alpha value is -0.230. The third-order valence-corrected chi connectivity index (χ3v) is 5.49. The second-order valence-electron chi connectivity index (χ2n) is 4.51. The van der Waals surface area contributed by atoms with Crippen LogP contribution in [0.15, 0.2) is 24.3 Å². The van der Waals surface area contributed by atoms with Crippen molar-refractivity contribution >= 4 is 40.3 Å². The lowest BCUT2D eigenvalue weighted by molar-refractivity contribution is 0.0955. The van der Waals surface area contributed by atoms with Crippen molar-refractivity contribution in [3.63, 3.8) is 0 Å². The summed E-state index contributed by atoms with van der Waals surface area (Å²) in [6, 6.07) is 7.70. The third-order valence-electron chi connectivity index (χ3n) is 3.16. The summed E-state index contributed by atoms with van der Waals surface area (Å²) in [4.78, 5) is 11.9. The van der Waals surface area contributed by atoms with Gasteiger partial charge in [0.15, 0.2) is 0 Å². The van der Waals surface area contributed by atoms with Gasteiger partial charge in [0.25, 0.3) is 5.91 Å². The Morgan fingerprint density at radius 1 is 1.33 bits per heavy atom. The number of hydrogen-bond acceptors (Lipinski definition) is 2. The van der Waals surface area contributed by atoms with E-state index in [4.69, 9.17) is 0 Å². The van der Waals surface area contributed by atoms with E-state index in [2.05, 4.69) is 27.9 Å². The zero-order valence-corrected chi connectivity index (χ0v) is 13.3. The summed E-state index contributed by atoms with van der Waals surface area (Å²) in [5.41, 5.74) is 0.781. The molecule has 98 valence electrons. The van der Waals surface area contributed by atoms with Gasteiger partial charge < -0.3 is 5.32 Å². The minimum atomic E-state index is 0.0482. The Bertz CT molecular complexity index is 405. The average molecular weight is 375 g/mol. The molecular weight excluding hydrogens is 357 g/mol. The van der Waals surface area contributed by atoms with Crippen molar-refractivity contribution in [2.24, 2.45) is 0 Å². The summed E-state index contributed by atoms with van der Waals surface area (Å²) in [5.74, 6) is 1.08. The normalized spacial score (nSPS) is 15.8. The summed E-state index contributed by atoms with van der Waals surface area (Å²) in [5, 5.41) is 3.83. The highest BCUT2D eigenvalue weighted by Gasteiger charge is 2.15. The first kappa shape index (κ1) is 14.2. The van der Waals surface area contributed by atoms with Gasteiger partial charge in [-0.1, -0.05) is 25.0 Å². The largest absolute Gasteiger partial charge is 0.351 e. The predicted octanol–water partition coefficient (Wildman–Crippen LogP) is 3.70. The van der Waals surface area contributed by atoms with Gasteiger partial charge in [-0.2, -0.15) is 11.8 Å². The van der Waals surface area contributed by atoms with E-state index in [0.717, 1.165) is 26.7 Å². The minimum Gasteiger partial charge on any atom is -0.351 e. The number of amides is 1. The van der Waals surface area contributed by atoms with Crippen molar-refractivity contribution in [3.05, 3.63) is 33.4 Å². The maximum Gasteiger partial charge on any atom is 0.252 e. The predicted molar refractivity (Wildman–Crippen MR) is 86.2 cm³/mol. The molecule has 1 aliphatic rings. The fourth-order valence-electron chi connectivity index (χ4n) is 2.19. The quantitative estimate of drug-likeness (QED) is 0.628. The molecule has 1 fully saturated rings. The van der Waals surface area contributed by atoms with Gasteiger partial charge in [-0.25, -0.2) is 0 Å². The maximum absolute atomic E-state index is 11.9. The molecule has 0 atom stereocenters. The average Bonchev–Trinajstić information content (AvgIpc) is 2.88. The molecule has 1 aromatic rings. The number of halogens is 1. The van der Waals surface area contributed by atoms with Crippen molar-refractivity contribution in [1.29, 1.82) is 0 Å². The number of hydrogen-bond donors (Lipinski definition) is 1. The monoisotopic (exact) mass is 375 g/mol. The van der Waals surface area contributed by atoms with Crippen LogP contribution in [0.2, 0.25) is 0 Å². The van der Waals surface area contributed by atoms with Crippen LogP contribution < -0.4 is 5.32 Å². The summed E-state index contributed by atoms with van der Waals surface area (Å²) >= 11 is 4.21. The molecule has 0 unspecified atom stereocenters. The van der Waals surface area contributed by atoms with Crippen molar-refractivity contribution in [1.82, 2.24) is 5.32 Å². The van der Waals surface area contributed by atoms with Crippen molar-refractivity contribution < 1.29 is 4.79 Å². The molecule has 1 amide bonds. The first-order chi connectivity index (χ1) is 8.77. The molecule has 0 radical (unpaired) electrons. The van der Waals surface area contributed by atoms with Gasteiger partial charge >= 0.3 is 0 Å². The Labute approximate surface area is 126 Å². The molecule has 0 heterocycles. The van der Waals surface area contributed by atoms with Crippen molar-refractivity contribution in [2.75, 3.05) is 12.3 Å². The molecule has 18 heavy (non-hydrogen) atoms. The van der Waals surface area contributed by atoms with Crippen LogP contribution >= 0.6 is 34.4 Å². The Morgan fingerprint density at radius 2 is 2.06 bits per heavy atom. The number of thioether (sulfide) groups is 1. The second-order valence-corrected chi connectivity index (χ2v) is 7.08. The molecular formula is C14H18INOS. The van der Waals surface area contributed by atoms with Crippen LogP contribution in [0.25, 0.3) is 0 Å². The summed E-state index contributed by atoms with van der Waals surface area (Å²) in [6.45, 7) is 0.769. The number of carbonyl (C=O) groups excluding carboxylic acids is 1. The lowest BCUT2D eigenvalue weighted by Crippen LogP contribution is -2.26. The van der Waals surface area contributed by atoms with E-state index >= 15 is 0 Å². The molecule has 4 heteroatoms. The summed E-state index contributed by atoms with van der Waals surface area (Å²) in [7, 11) is 0. The molecule has 0 aliphatic heterocycles.